The molecule has 0 spiro atoms. The molecule has 0 aliphatic carbocycles. The fourth-order valence-corrected chi connectivity index (χ4v) is 2.21. The van der Waals surface area contributed by atoms with Crippen LogP contribution in [0.5, 0.6) is 5.75 Å². The Morgan fingerprint density at radius 3 is 2.86 bits per heavy atom. The standard InChI is InChI=1S/C16H21N3O2/c1-12-10-18-19(11-12)9-5-8-17-16(20)14-6-4-7-15(21-3)13(14)2/h4,6-7,10-11H,5,8-9H2,1-3H3,(H,17,20). The van der Waals surface area contributed by atoms with Gasteiger partial charge >= 0.3 is 0 Å². The van der Waals surface area contributed by atoms with Gasteiger partial charge < -0.3 is 10.1 Å². The average molecular weight is 287 g/mol. The summed E-state index contributed by atoms with van der Waals surface area (Å²) in [4.78, 5) is 12.2. The molecule has 0 unspecified atom stereocenters. The molecule has 0 fully saturated rings. The van der Waals surface area contributed by atoms with E-state index in [-0.39, 0.29) is 5.91 Å². The van der Waals surface area contributed by atoms with E-state index in [4.69, 9.17) is 4.74 Å². The Labute approximate surface area is 124 Å². The highest BCUT2D eigenvalue weighted by atomic mass is 16.5. The molecule has 0 atom stereocenters. The minimum atomic E-state index is -0.0666. The third kappa shape index (κ3) is 3.84. The van der Waals surface area contributed by atoms with E-state index in [0.29, 0.717) is 12.1 Å². The topological polar surface area (TPSA) is 56.1 Å². The van der Waals surface area contributed by atoms with Gasteiger partial charge in [0.15, 0.2) is 0 Å². The number of carbonyl (C=O) groups excluding carboxylic acids is 1. The number of ether oxygens (including phenoxy) is 1. The van der Waals surface area contributed by atoms with E-state index in [2.05, 4.69) is 10.4 Å². The fraction of sp³-hybridized carbons (Fsp3) is 0.375. The number of rotatable bonds is 6. The van der Waals surface area contributed by atoms with Crippen molar-refractivity contribution in [3.05, 3.63) is 47.3 Å². The van der Waals surface area contributed by atoms with Crippen LogP contribution in [-0.2, 0) is 6.54 Å². The monoisotopic (exact) mass is 287 g/mol. The Bertz CT molecular complexity index is 620. The lowest BCUT2D eigenvalue weighted by atomic mass is 10.1. The van der Waals surface area contributed by atoms with Gasteiger partial charge in [0.2, 0.25) is 0 Å². The van der Waals surface area contributed by atoms with Crippen molar-refractivity contribution in [2.24, 2.45) is 0 Å². The van der Waals surface area contributed by atoms with Gasteiger partial charge in [-0.2, -0.15) is 5.10 Å². The third-order valence-corrected chi connectivity index (χ3v) is 3.36. The van der Waals surface area contributed by atoms with Gasteiger partial charge in [-0.15, -0.1) is 0 Å². The molecule has 0 aliphatic heterocycles. The second kappa shape index (κ2) is 6.92. The Morgan fingerprint density at radius 2 is 2.19 bits per heavy atom. The number of aryl methyl sites for hydroxylation is 2. The van der Waals surface area contributed by atoms with E-state index in [1.54, 1.807) is 7.11 Å². The van der Waals surface area contributed by atoms with Gasteiger partial charge in [0.1, 0.15) is 5.75 Å². The lowest BCUT2D eigenvalue weighted by Crippen LogP contribution is -2.26. The van der Waals surface area contributed by atoms with Crippen LogP contribution in [0.1, 0.15) is 27.9 Å². The maximum absolute atomic E-state index is 12.2. The van der Waals surface area contributed by atoms with Crippen LogP contribution in [0.25, 0.3) is 0 Å². The predicted octanol–water partition coefficient (Wildman–Crippen LogP) is 2.33. The highest BCUT2D eigenvalue weighted by Gasteiger charge is 2.11. The molecule has 0 aliphatic rings. The summed E-state index contributed by atoms with van der Waals surface area (Å²) < 4.78 is 7.12. The zero-order valence-electron chi connectivity index (χ0n) is 12.7. The van der Waals surface area contributed by atoms with Crippen LogP contribution in [-0.4, -0.2) is 29.3 Å². The van der Waals surface area contributed by atoms with Gasteiger partial charge in [-0.05, 0) is 38.0 Å². The van der Waals surface area contributed by atoms with Crippen LogP contribution in [0, 0.1) is 13.8 Å². The first kappa shape index (κ1) is 15.1. The average Bonchev–Trinajstić information content (AvgIpc) is 2.89. The molecule has 1 aromatic heterocycles. The largest absolute Gasteiger partial charge is 0.496 e. The van der Waals surface area contributed by atoms with Crippen molar-refractivity contribution in [2.45, 2.75) is 26.8 Å². The molecule has 5 nitrogen and oxygen atoms in total. The molecule has 2 aromatic rings. The number of methoxy groups -OCH3 is 1. The van der Waals surface area contributed by atoms with Crippen molar-refractivity contribution >= 4 is 5.91 Å². The first-order valence-electron chi connectivity index (χ1n) is 7.02. The van der Waals surface area contributed by atoms with Gasteiger partial charge in [0.25, 0.3) is 5.91 Å². The van der Waals surface area contributed by atoms with Crippen LogP contribution >= 0.6 is 0 Å². The van der Waals surface area contributed by atoms with Gasteiger partial charge in [-0.1, -0.05) is 6.07 Å². The van der Waals surface area contributed by atoms with Gasteiger partial charge in [0.05, 0.1) is 13.3 Å². The fourth-order valence-electron chi connectivity index (χ4n) is 2.21. The maximum Gasteiger partial charge on any atom is 0.251 e. The van der Waals surface area contributed by atoms with E-state index in [9.17, 15) is 4.79 Å². The predicted molar refractivity (Wildman–Crippen MR) is 81.6 cm³/mol. The SMILES string of the molecule is COc1cccc(C(=O)NCCCn2cc(C)cn2)c1C. The van der Waals surface area contributed by atoms with Crippen molar-refractivity contribution in [1.29, 1.82) is 0 Å². The summed E-state index contributed by atoms with van der Waals surface area (Å²) in [5.41, 5.74) is 2.66. The normalized spacial score (nSPS) is 10.4. The molecule has 1 amide bonds. The van der Waals surface area contributed by atoms with E-state index in [1.807, 2.05) is 49.1 Å². The second-order valence-electron chi connectivity index (χ2n) is 5.02. The van der Waals surface area contributed by atoms with Crippen LogP contribution in [0.2, 0.25) is 0 Å². The Balaban J connectivity index is 1.84. The number of benzene rings is 1. The molecule has 0 bridgehead atoms. The number of hydrogen-bond acceptors (Lipinski definition) is 3. The minimum absolute atomic E-state index is 0.0666. The van der Waals surface area contributed by atoms with E-state index >= 15 is 0 Å². The molecule has 2 rings (SSSR count). The Hall–Kier alpha value is -2.30. The van der Waals surface area contributed by atoms with Crippen molar-refractivity contribution < 1.29 is 9.53 Å². The van der Waals surface area contributed by atoms with Gasteiger partial charge in [0, 0.05) is 30.4 Å². The molecule has 1 heterocycles. The number of aromatic nitrogens is 2. The first-order valence-corrected chi connectivity index (χ1v) is 7.02. The molecule has 0 saturated heterocycles. The number of nitrogens with zero attached hydrogens (tertiary/aromatic N) is 2. The lowest BCUT2D eigenvalue weighted by Gasteiger charge is -2.10. The Morgan fingerprint density at radius 1 is 1.38 bits per heavy atom. The summed E-state index contributed by atoms with van der Waals surface area (Å²) in [7, 11) is 1.61. The number of hydrogen-bond donors (Lipinski definition) is 1. The van der Waals surface area contributed by atoms with Crippen molar-refractivity contribution in [1.82, 2.24) is 15.1 Å². The zero-order chi connectivity index (χ0) is 15.2. The number of carbonyl (C=O) groups is 1. The van der Waals surface area contributed by atoms with E-state index in [1.165, 1.54) is 0 Å². The summed E-state index contributed by atoms with van der Waals surface area (Å²) in [5.74, 6) is 0.665. The van der Waals surface area contributed by atoms with Crippen LogP contribution in [0.4, 0.5) is 0 Å². The molecule has 112 valence electrons. The van der Waals surface area contributed by atoms with Crippen LogP contribution < -0.4 is 10.1 Å². The summed E-state index contributed by atoms with van der Waals surface area (Å²) in [5, 5.41) is 7.15. The summed E-state index contributed by atoms with van der Waals surface area (Å²) in [6, 6.07) is 5.49. The molecular weight excluding hydrogens is 266 g/mol. The Kier molecular flexibility index (Phi) is 4.98. The first-order chi connectivity index (χ1) is 10.1. The van der Waals surface area contributed by atoms with Crippen molar-refractivity contribution in [3.63, 3.8) is 0 Å². The molecule has 21 heavy (non-hydrogen) atoms. The summed E-state index contributed by atoms with van der Waals surface area (Å²) in [6.45, 7) is 5.32. The van der Waals surface area contributed by atoms with Crippen molar-refractivity contribution in [3.8, 4) is 5.75 Å². The summed E-state index contributed by atoms with van der Waals surface area (Å²) in [6.07, 6.45) is 4.67. The molecule has 5 heteroatoms. The summed E-state index contributed by atoms with van der Waals surface area (Å²) >= 11 is 0. The zero-order valence-corrected chi connectivity index (χ0v) is 12.7. The van der Waals surface area contributed by atoms with Gasteiger partial charge in [-0.25, -0.2) is 0 Å². The van der Waals surface area contributed by atoms with Crippen molar-refractivity contribution in [2.75, 3.05) is 13.7 Å². The minimum Gasteiger partial charge on any atom is -0.496 e. The molecule has 0 radical (unpaired) electrons. The molecule has 1 aromatic carbocycles. The molecule has 0 saturated carbocycles. The lowest BCUT2D eigenvalue weighted by molar-refractivity contribution is 0.0951. The highest BCUT2D eigenvalue weighted by Crippen LogP contribution is 2.20. The maximum atomic E-state index is 12.2. The second-order valence-corrected chi connectivity index (χ2v) is 5.02. The highest BCUT2D eigenvalue weighted by molar-refractivity contribution is 5.96. The van der Waals surface area contributed by atoms with E-state index in [0.717, 1.165) is 29.8 Å². The molecular formula is C16H21N3O2. The van der Waals surface area contributed by atoms with Crippen LogP contribution in [0.15, 0.2) is 30.6 Å². The smallest absolute Gasteiger partial charge is 0.251 e. The number of nitrogens with one attached hydrogen (secondary N) is 1. The van der Waals surface area contributed by atoms with E-state index < -0.39 is 0 Å². The number of amides is 1. The quantitative estimate of drug-likeness (QED) is 0.830. The molecule has 1 N–H and O–H groups in total. The van der Waals surface area contributed by atoms with Gasteiger partial charge in [-0.3, -0.25) is 9.48 Å². The third-order valence-electron chi connectivity index (χ3n) is 3.36. The van der Waals surface area contributed by atoms with Crippen LogP contribution in [0.3, 0.4) is 0 Å².